The van der Waals surface area contributed by atoms with E-state index >= 15 is 0 Å². The molecule has 0 atom stereocenters. The van der Waals surface area contributed by atoms with E-state index in [-0.39, 0.29) is 13.2 Å². The van der Waals surface area contributed by atoms with E-state index in [0.717, 1.165) is 25.7 Å². The van der Waals surface area contributed by atoms with Crippen LogP contribution in [-0.2, 0) is 9.53 Å². The van der Waals surface area contributed by atoms with Gasteiger partial charge in [-0.05, 0) is 25.7 Å². The summed E-state index contributed by atoms with van der Waals surface area (Å²) in [6, 6.07) is 0. The maximum atomic E-state index is 11.1. The van der Waals surface area contributed by atoms with Gasteiger partial charge in [0.1, 0.15) is 0 Å². The van der Waals surface area contributed by atoms with Crippen molar-refractivity contribution < 1.29 is 19.7 Å². The molecule has 0 radical (unpaired) electrons. The molecule has 2 N–H and O–H groups in total. The fourth-order valence-electron chi connectivity index (χ4n) is 1.96. The molecule has 1 saturated carbocycles. The van der Waals surface area contributed by atoms with Crippen molar-refractivity contribution in [3.63, 3.8) is 0 Å². The van der Waals surface area contributed by atoms with Gasteiger partial charge in [0.15, 0.2) is 5.60 Å². The molecule has 0 unspecified atom stereocenters. The molecule has 14 heavy (non-hydrogen) atoms. The third-order valence-corrected chi connectivity index (χ3v) is 2.77. The van der Waals surface area contributed by atoms with Gasteiger partial charge < -0.3 is 14.9 Å². The number of aliphatic hydroxyl groups is 1. The molecule has 1 fully saturated rings. The first-order valence-electron chi connectivity index (χ1n) is 5.19. The van der Waals surface area contributed by atoms with Crippen molar-refractivity contribution in [2.75, 3.05) is 13.2 Å². The topological polar surface area (TPSA) is 66.8 Å². The molecule has 0 bridgehead atoms. The van der Waals surface area contributed by atoms with Gasteiger partial charge >= 0.3 is 5.97 Å². The minimum atomic E-state index is -1.03. The molecule has 0 aromatic heterocycles. The monoisotopic (exact) mass is 202 g/mol. The van der Waals surface area contributed by atoms with Gasteiger partial charge in [-0.2, -0.15) is 0 Å². The predicted molar refractivity (Wildman–Crippen MR) is 51.1 cm³/mol. The van der Waals surface area contributed by atoms with Crippen LogP contribution in [0.3, 0.4) is 0 Å². The van der Waals surface area contributed by atoms with E-state index in [9.17, 15) is 4.79 Å². The molecule has 1 rings (SSSR count). The van der Waals surface area contributed by atoms with E-state index < -0.39 is 11.6 Å². The third kappa shape index (κ3) is 2.69. The number of carboxylic acid groups (broad SMARTS) is 1. The van der Waals surface area contributed by atoms with Gasteiger partial charge in [0.2, 0.25) is 0 Å². The molecular formula is C10H18O4. The molecule has 0 aromatic carbocycles. The molecule has 1 aliphatic carbocycles. The summed E-state index contributed by atoms with van der Waals surface area (Å²) in [5.74, 6) is -0.882. The van der Waals surface area contributed by atoms with Gasteiger partial charge in [-0.3, -0.25) is 0 Å². The zero-order valence-electron chi connectivity index (χ0n) is 8.37. The van der Waals surface area contributed by atoms with Crippen LogP contribution >= 0.6 is 0 Å². The fourth-order valence-corrected chi connectivity index (χ4v) is 1.96. The molecule has 82 valence electrons. The Bertz CT molecular complexity index is 183. The quantitative estimate of drug-likeness (QED) is 0.672. The molecular weight excluding hydrogens is 184 g/mol. The second kappa shape index (κ2) is 5.32. The van der Waals surface area contributed by atoms with E-state index in [4.69, 9.17) is 14.9 Å². The van der Waals surface area contributed by atoms with E-state index in [1.54, 1.807) is 0 Å². The van der Waals surface area contributed by atoms with Crippen LogP contribution in [-0.4, -0.2) is 35.0 Å². The van der Waals surface area contributed by atoms with E-state index in [1.807, 2.05) is 0 Å². The van der Waals surface area contributed by atoms with E-state index in [1.165, 1.54) is 0 Å². The Balaban J connectivity index is 2.62. The van der Waals surface area contributed by atoms with Crippen LogP contribution in [0.2, 0.25) is 0 Å². The largest absolute Gasteiger partial charge is 0.479 e. The average molecular weight is 202 g/mol. The molecule has 0 saturated heterocycles. The van der Waals surface area contributed by atoms with Crippen molar-refractivity contribution in [2.45, 2.75) is 44.1 Å². The van der Waals surface area contributed by atoms with Gasteiger partial charge in [0.25, 0.3) is 0 Å². The second-order valence-corrected chi connectivity index (χ2v) is 3.79. The number of hydrogen-bond acceptors (Lipinski definition) is 3. The maximum Gasteiger partial charge on any atom is 0.335 e. The molecule has 4 nitrogen and oxygen atoms in total. The summed E-state index contributed by atoms with van der Waals surface area (Å²) in [5, 5.41) is 17.8. The number of carbonyl (C=O) groups is 1. The van der Waals surface area contributed by atoms with Crippen LogP contribution in [0.15, 0.2) is 0 Å². The summed E-state index contributed by atoms with van der Waals surface area (Å²) < 4.78 is 5.31. The van der Waals surface area contributed by atoms with Crippen LogP contribution in [0.25, 0.3) is 0 Å². The van der Waals surface area contributed by atoms with Gasteiger partial charge in [-0.25, -0.2) is 4.79 Å². The Labute approximate surface area is 83.9 Å². The molecule has 1 aliphatic rings. The van der Waals surface area contributed by atoms with Crippen molar-refractivity contribution in [1.29, 1.82) is 0 Å². The first-order chi connectivity index (χ1) is 6.71. The zero-order valence-corrected chi connectivity index (χ0v) is 8.37. The Morgan fingerprint density at radius 3 is 2.21 bits per heavy atom. The van der Waals surface area contributed by atoms with Crippen LogP contribution < -0.4 is 0 Å². The summed E-state index contributed by atoms with van der Waals surface area (Å²) in [6.07, 6.45) is 5.11. The van der Waals surface area contributed by atoms with Crippen LogP contribution in [0.5, 0.6) is 0 Å². The lowest BCUT2D eigenvalue weighted by molar-refractivity contribution is -0.169. The molecule has 0 amide bonds. The highest BCUT2D eigenvalue weighted by Gasteiger charge is 2.39. The first-order valence-corrected chi connectivity index (χ1v) is 5.19. The minimum absolute atomic E-state index is 0.116. The normalized spacial score (nSPS) is 21.5. The average Bonchev–Trinajstić information content (AvgIpc) is 2.41. The van der Waals surface area contributed by atoms with Crippen LogP contribution in [0, 0.1) is 0 Å². The molecule has 4 heteroatoms. The molecule has 0 aromatic rings. The van der Waals surface area contributed by atoms with Crippen molar-refractivity contribution in [3.8, 4) is 0 Å². The van der Waals surface area contributed by atoms with E-state index in [2.05, 4.69) is 0 Å². The van der Waals surface area contributed by atoms with E-state index in [0.29, 0.717) is 12.8 Å². The smallest absolute Gasteiger partial charge is 0.335 e. The highest BCUT2D eigenvalue weighted by molar-refractivity contribution is 5.77. The number of aliphatic hydroxyl groups excluding tert-OH is 1. The first kappa shape index (κ1) is 11.5. The van der Waals surface area contributed by atoms with Crippen LogP contribution in [0.1, 0.15) is 38.5 Å². The lowest BCUT2D eigenvalue weighted by Gasteiger charge is -2.27. The molecule has 0 heterocycles. The molecule has 0 aliphatic heterocycles. The van der Waals surface area contributed by atoms with Gasteiger partial charge in [0, 0.05) is 0 Å². The minimum Gasteiger partial charge on any atom is -0.479 e. The Kier molecular flexibility index (Phi) is 4.35. The summed E-state index contributed by atoms with van der Waals surface area (Å²) in [4.78, 5) is 11.1. The number of rotatable bonds is 4. The summed E-state index contributed by atoms with van der Waals surface area (Å²) in [5.41, 5.74) is -1.03. The summed E-state index contributed by atoms with van der Waals surface area (Å²) >= 11 is 0. The Hall–Kier alpha value is -0.610. The second-order valence-electron chi connectivity index (χ2n) is 3.79. The van der Waals surface area contributed by atoms with Crippen molar-refractivity contribution in [2.24, 2.45) is 0 Å². The summed E-state index contributed by atoms with van der Waals surface area (Å²) in [6.45, 7) is 0.00132. The predicted octanol–water partition coefficient (Wildman–Crippen LogP) is 1.17. The van der Waals surface area contributed by atoms with Crippen LogP contribution in [0.4, 0.5) is 0 Å². The highest BCUT2D eigenvalue weighted by Crippen LogP contribution is 2.30. The Morgan fingerprint density at radius 1 is 1.21 bits per heavy atom. The third-order valence-electron chi connectivity index (χ3n) is 2.77. The van der Waals surface area contributed by atoms with Gasteiger partial charge in [-0.15, -0.1) is 0 Å². The number of hydrogen-bond donors (Lipinski definition) is 2. The number of ether oxygens (including phenoxy) is 1. The summed E-state index contributed by atoms with van der Waals surface area (Å²) in [7, 11) is 0. The number of aliphatic carboxylic acids is 1. The highest BCUT2D eigenvalue weighted by atomic mass is 16.5. The van der Waals surface area contributed by atoms with Crippen molar-refractivity contribution >= 4 is 5.97 Å². The maximum absolute atomic E-state index is 11.1. The van der Waals surface area contributed by atoms with Gasteiger partial charge in [0.05, 0.1) is 13.2 Å². The Morgan fingerprint density at radius 2 is 1.79 bits per heavy atom. The standard InChI is InChI=1S/C10H18O4/c11-7-8-14-10(9(12)13)5-3-1-2-4-6-10/h11H,1-8H2,(H,12,13). The zero-order chi connectivity index (χ0) is 10.4. The SMILES string of the molecule is O=C(O)C1(OCCO)CCCCCC1. The molecule has 0 spiro atoms. The van der Waals surface area contributed by atoms with Crippen molar-refractivity contribution in [3.05, 3.63) is 0 Å². The number of carboxylic acids is 1. The lowest BCUT2D eigenvalue weighted by atomic mass is 9.94. The van der Waals surface area contributed by atoms with Gasteiger partial charge in [-0.1, -0.05) is 12.8 Å². The van der Waals surface area contributed by atoms with Crippen molar-refractivity contribution in [1.82, 2.24) is 0 Å². The fraction of sp³-hybridized carbons (Fsp3) is 0.900. The lowest BCUT2D eigenvalue weighted by Crippen LogP contribution is -2.41.